The first-order chi connectivity index (χ1) is 13.3. The maximum absolute atomic E-state index is 12.0. The van der Waals surface area contributed by atoms with Gasteiger partial charge in [0.15, 0.2) is 0 Å². The predicted octanol–water partition coefficient (Wildman–Crippen LogP) is 4.28. The van der Waals surface area contributed by atoms with Gasteiger partial charge >= 0.3 is 0 Å². The molecule has 1 aliphatic rings. The van der Waals surface area contributed by atoms with Crippen LogP contribution in [0.25, 0.3) is 34.4 Å². The Morgan fingerprint density at radius 3 is 2.89 bits per heavy atom. The van der Waals surface area contributed by atoms with E-state index in [1.54, 1.807) is 6.20 Å². The number of rotatable bonds is 3. The molecule has 3 aromatic heterocycles. The van der Waals surface area contributed by atoms with Crippen LogP contribution in [0.15, 0.2) is 59.1 Å². The number of para-hydroxylation sites is 1. The van der Waals surface area contributed by atoms with E-state index < -0.39 is 0 Å². The standard InChI is InChI=1S/C22H17N3O2/c26-22-18-13-20(25-19(18)8-10-24-22)14-7-9-23-16(11-14)5-6-17-12-15-3-1-2-4-21(15)27-17/h1-7,9,11-13,25H,8,10H2,(H,24,26)/b6-5-. The van der Waals surface area contributed by atoms with Crippen molar-refractivity contribution in [1.29, 1.82) is 0 Å². The minimum absolute atomic E-state index is 0.0159. The highest BCUT2D eigenvalue weighted by molar-refractivity contribution is 5.97. The number of benzene rings is 1. The Morgan fingerprint density at radius 2 is 2.00 bits per heavy atom. The first-order valence-corrected chi connectivity index (χ1v) is 8.89. The van der Waals surface area contributed by atoms with E-state index in [0.29, 0.717) is 6.54 Å². The molecule has 0 unspecified atom stereocenters. The van der Waals surface area contributed by atoms with Crippen molar-refractivity contribution in [3.05, 3.63) is 77.4 Å². The number of furan rings is 1. The van der Waals surface area contributed by atoms with Gasteiger partial charge in [0.25, 0.3) is 5.91 Å². The number of hydrogen-bond acceptors (Lipinski definition) is 3. The fraction of sp³-hybridized carbons (Fsp3) is 0.0909. The van der Waals surface area contributed by atoms with Crippen molar-refractivity contribution in [3.8, 4) is 11.3 Å². The summed E-state index contributed by atoms with van der Waals surface area (Å²) in [6, 6.07) is 15.8. The average Bonchev–Trinajstić information content (AvgIpc) is 3.31. The number of fused-ring (bicyclic) bond motifs is 2. The Balaban J connectivity index is 1.44. The highest BCUT2D eigenvalue weighted by Gasteiger charge is 2.19. The Bertz CT molecular complexity index is 1150. The summed E-state index contributed by atoms with van der Waals surface area (Å²) in [6.07, 6.45) is 6.44. The molecule has 4 heterocycles. The smallest absolute Gasteiger partial charge is 0.253 e. The molecule has 4 aromatic rings. The number of H-pyrrole nitrogens is 1. The van der Waals surface area contributed by atoms with Gasteiger partial charge in [-0.2, -0.15) is 0 Å². The van der Waals surface area contributed by atoms with Gasteiger partial charge in [0.05, 0.1) is 11.3 Å². The van der Waals surface area contributed by atoms with E-state index in [-0.39, 0.29) is 5.91 Å². The SMILES string of the molecule is O=C1NCCc2[nH]c(-c3ccnc(/C=C\c4cc5ccccc5o4)c3)cc21. The highest BCUT2D eigenvalue weighted by Crippen LogP contribution is 2.25. The molecule has 5 nitrogen and oxygen atoms in total. The van der Waals surface area contributed by atoms with Crippen molar-refractivity contribution >= 4 is 29.0 Å². The van der Waals surface area contributed by atoms with Crippen LogP contribution < -0.4 is 5.32 Å². The van der Waals surface area contributed by atoms with Crippen molar-refractivity contribution in [2.45, 2.75) is 6.42 Å². The Morgan fingerprint density at radius 1 is 1.07 bits per heavy atom. The number of aromatic amines is 1. The summed E-state index contributed by atoms with van der Waals surface area (Å²) >= 11 is 0. The average molecular weight is 355 g/mol. The molecule has 0 saturated carbocycles. The zero-order valence-electron chi connectivity index (χ0n) is 14.5. The summed E-state index contributed by atoms with van der Waals surface area (Å²) in [6.45, 7) is 0.674. The molecule has 0 bridgehead atoms. The molecule has 5 rings (SSSR count). The third-order valence-corrected chi connectivity index (χ3v) is 4.76. The van der Waals surface area contributed by atoms with E-state index in [9.17, 15) is 4.79 Å². The van der Waals surface area contributed by atoms with E-state index in [0.717, 1.165) is 51.4 Å². The second-order valence-electron chi connectivity index (χ2n) is 6.57. The maximum atomic E-state index is 12.0. The largest absolute Gasteiger partial charge is 0.457 e. The number of nitrogens with one attached hydrogen (secondary N) is 2. The lowest BCUT2D eigenvalue weighted by atomic mass is 10.1. The predicted molar refractivity (Wildman–Crippen MR) is 105 cm³/mol. The molecular weight excluding hydrogens is 338 g/mol. The van der Waals surface area contributed by atoms with Gasteiger partial charge in [-0.15, -0.1) is 0 Å². The summed E-state index contributed by atoms with van der Waals surface area (Å²) in [7, 11) is 0. The quantitative estimate of drug-likeness (QED) is 0.576. The second-order valence-corrected chi connectivity index (χ2v) is 6.57. The Kier molecular flexibility index (Phi) is 3.64. The molecule has 0 saturated heterocycles. The summed E-state index contributed by atoms with van der Waals surface area (Å²) < 4.78 is 5.81. The normalized spacial score (nSPS) is 13.9. The molecule has 1 aromatic carbocycles. The molecular formula is C22H17N3O2. The van der Waals surface area contributed by atoms with Gasteiger partial charge in [-0.25, -0.2) is 0 Å². The van der Waals surface area contributed by atoms with E-state index in [4.69, 9.17) is 4.42 Å². The fourth-order valence-electron chi connectivity index (χ4n) is 3.41. The van der Waals surface area contributed by atoms with Crippen molar-refractivity contribution in [2.75, 3.05) is 6.54 Å². The molecule has 1 amide bonds. The van der Waals surface area contributed by atoms with Crippen LogP contribution in [-0.4, -0.2) is 22.4 Å². The van der Waals surface area contributed by atoms with Gasteiger partial charge < -0.3 is 14.7 Å². The summed E-state index contributed by atoms with van der Waals surface area (Å²) in [5.74, 6) is 0.772. The van der Waals surface area contributed by atoms with Crippen molar-refractivity contribution in [1.82, 2.24) is 15.3 Å². The number of carbonyl (C=O) groups excluding carboxylic acids is 1. The Labute approximate surface area is 155 Å². The van der Waals surface area contributed by atoms with Gasteiger partial charge in [0.2, 0.25) is 0 Å². The van der Waals surface area contributed by atoms with Crippen LogP contribution in [0, 0.1) is 0 Å². The lowest BCUT2D eigenvalue weighted by Gasteiger charge is -2.10. The number of hydrogen-bond donors (Lipinski definition) is 2. The van der Waals surface area contributed by atoms with Crippen LogP contribution in [-0.2, 0) is 6.42 Å². The summed E-state index contributed by atoms with van der Waals surface area (Å²) in [5.41, 5.74) is 5.34. The van der Waals surface area contributed by atoms with Crippen LogP contribution in [0.2, 0.25) is 0 Å². The van der Waals surface area contributed by atoms with Crippen LogP contribution in [0.1, 0.15) is 27.5 Å². The third kappa shape index (κ3) is 2.93. The molecule has 0 fully saturated rings. The zero-order chi connectivity index (χ0) is 18.2. The van der Waals surface area contributed by atoms with E-state index in [1.165, 1.54) is 0 Å². The first-order valence-electron chi connectivity index (χ1n) is 8.89. The van der Waals surface area contributed by atoms with E-state index in [1.807, 2.05) is 60.7 Å². The maximum Gasteiger partial charge on any atom is 0.253 e. The topological polar surface area (TPSA) is 70.9 Å². The van der Waals surface area contributed by atoms with Crippen LogP contribution in [0.3, 0.4) is 0 Å². The van der Waals surface area contributed by atoms with Crippen LogP contribution in [0.5, 0.6) is 0 Å². The lowest BCUT2D eigenvalue weighted by Crippen LogP contribution is -2.31. The van der Waals surface area contributed by atoms with E-state index in [2.05, 4.69) is 15.3 Å². The summed E-state index contributed by atoms with van der Waals surface area (Å²) in [4.78, 5) is 19.7. The number of pyridine rings is 1. The Hall–Kier alpha value is -3.60. The van der Waals surface area contributed by atoms with E-state index >= 15 is 0 Å². The second kappa shape index (κ2) is 6.29. The van der Waals surface area contributed by atoms with Gasteiger partial charge in [-0.3, -0.25) is 9.78 Å². The van der Waals surface area contributed by atoms with Crippen LogP contribution >= 0.6 is 0 Å². The monoisotopic (exact) mass is 355 g/mol. The number of amides is 1. The van der Waals surface area contributed by atoms with Gasteiger partial charge in [-0.1, -0.05) is 18.2 Å². The molecule has 0 spiro atoms. The van der Waals surface area contributed by atoms with Crippen molar-refractivity contribution < 1.29 is 9.21 Å². The molecule has 2 N–H and O–H groups in total. The number of aromatic nitrogens is 2. The molecule has 27 heavy (non-hydrogen) atoms. The van der Waals surface area contributed by atoms with Gasteiger partial charge in [0.1, 0.15) is 11.3 Å². The summed E-state index contributed by atoms with van der Waals surface area (Å²) in [5, 5.41) is 3.95. The number of nitrogens with zero attached hydrogens (tertiary/aromatic N) is 1. The van der Waals surface area contributed by atoms with Gasteiger partial charge in [-0.05, 0) is 42.5 Å². The minimum Gasteiger partial charge on any atom is -0.457 e. The third-order valence-electron chi connectivity index (χ3n) is 4.76. The number of carbonyl (C=O) groups is 1. The lowest BCUT2D eigenvalue weighted by molar-refractivity contribution is 0.0946. The molecule has 0 aliphatic carbocycles. The molecule has 1 aliphatic heterocycles. The van der Waals surface area contributed by atoms with Crippen molar-refractivity contribution in [2.24, 2.45) is 0 Å². The molecule has 132 valence electrons. The first kappa shape index (κ1) is 15.6. The highest BCUT2D eigenvalue weighted by atomic mass is 16.3. The zero-order valence-corrected chi connectivity index (χ0v) is 14.5. The minimum atomic E-state index is -0.0159. The molecule has 5 heteroatoms. The van der Waals surface area contributed by atoms with Gasteiger partial charge in [0, 0.05) is 41.5 Å². The van der Waals surface area contributed by atoms with Crippen molar-refractivity contribution in [3.63, 3.8) is 0 Å². The molecule has 0 radical (unpaired) electrons. The van der Waals surface area contributed by atoms with Crippen LogP contribution in [0.4, 0.5) is 0 Å². The fourth-order valence-corrected chi connectivity index (χ4v) is 3.41. The molecule has 0 atom stereocenters.